The van der Waals surface area contributed by atoms with E-state index < -0.39 is 0 Å². The highest BCUT2D eigenvalue weighted by atomic mass is 35.5. The molecule has 0 aliphatic heterocycles. The molecule has 4 rings (SSSR count). The molecule has 3 aromatic heterocycles. The predicted octanol–water partition coefficient (Wildman–Crippen LogP) is 2.94. The Morgan fingerprint density at radius 1 is 1.34 bits per heavy atom. The molecule has 0 spiro atoms. The number of rotatable bonds is 5. The van der Waals surface area contributed by atoms with Gasteiger partial charge in [-0.15, -0.1) is 0 Å². The van der Waals surface area contributed by atoms with Crippen LogP contribution in [0.5, 0.6) is 0 Å². The number of amides is 1. The number of hydrogen-bond acceptors (Lipinski definition) is 5. The van der Waals surface area contributed by atoms with Gasteiger partial charge in [-0.05, 0) is 31.2 Å². The van der Waals surface area contributed by atoms with Gasteiger partial charge in [-0.1, -0.05) is 17.7 Å². The van der Waals surface area contributed by atoms with Crippen LogP contribution < -0.4 is 5.32 Å². The predicted molar refractivity (Wildman–Crippen MR) is 107 cm³/mol. The van der Waals surface area contributed by atoms with Gasteiger partial charge in [-0.2, -0.15) is 10.4 Å². The lowest BCUT2D eigenvalue weighted by Gasteiger charge is -2.13. The summed E-state index contributed by atoms with van der Waals surface area (Å²) in [6.07, 6.45) is 6.89. The van der Waals surface area contributed by atoms with Gasteiger partial charge in [0.25, 0.3) is 5.91 Å². The normalized spacial score (nSPS) is 11.9. The average Bonchev–Trinajstić information content (AvgIpc) is 3.34. The zero-order valence-corrected chi connectivity index (χ0v) is 16.2. The van der Waals surface area contributed by atoms with Crippen molar-refractivity contribution in [3.8, 4) is 17.3 Å². The second kappa shape index (κ2) is 7.73. The van der Waals surface area contributed by atoms with Gasteiger partial charge in [0.15, 0.2) is 0 Å². The van der Waals surface area contributed by atoms with E-state index in [2.05, 4.69) is 20.4 Å². The highest BCUT2D eigenvalue weighted by Gasteiger charge is 2.15. The van der Waals surface area contributed by atoms with Gasteiger partial charge in [0.2, 0.25) is 5.78 Å². The summed E-state index contributed by atoms with van der Waals surface area (Å²) in [6, 6.07) is 10.7. The number of aromatic nitrogens is 5. The van der Waals surface area contributed by atoms with Crippen LogP contribution in [0.3, 0.4) is 0 Å². The van der Waals surface area contributed by atoms with Crippen molar-refractivity contribution in [2.24, 2.45) is 0 Å². The SMILES string of the molecule is C[C@@H](Cn1ccc(-c2ccc(C#N)c(Cl)c2)n1)NC(=O)c1cn2cccnc2n1. The van der Waals surface area contributed by atoms with Crippen molar-refractivity contribution < 1.29 is 4.79 Å². The minimum absolute atomic E-state index is 0.169. The van der Waals surface area contributed by atoms with E-state index in [1.165, 1.54) is 0 Å². The third-order valence-electron chi connectivity index (χ3n) is 4.33. The second-order valence-corrected chi connectivity index (χ2v) is 6.96. The van der Waals surface area contributed by atoms with Gasteiger partial charge in [-0.25, -0.2) is 9.97 Å². The van der Waals surface area contributed by atoms with Crippen LogP contribution in [0.15, 0.2) is 55.1 Å². The molecule has 3 heterocycles. The Bertz CT molecular complexity index is 1200. The number of nitrogens with one attached hydrogen (secondary N) is 1. The lowest BCUT2D eigenvalue weighted by Crippen LogP contribution is -2.36. The topological polar surface area (TPSA) is 101 Å². The summed E-state index contributed by atoms with van der Waals surface area (Å²) in [5.74, 6) is 0.206. The molecule has 0 bridgehead atoms. The van der Waals surface area contributed by atoms with Crippen LogP contribution in [0.2, 0.25) is 5.02 Å². The van der Waals surface area contributed by atoms with Crippen LogP contribution in [0.1, 0.15) is 23.0 Å². The maximum atomic E-state index is 12.5. The first kappa shape index (κ1) is 18.7. The lowest BCUT2D eigenvalue weighted by atomic mass is 10.1. The summed E-state index contributed by atoms with van der Waals surface area (Å²) in [6.45, 7) is 2.38. The van der Waals surface area contributed by atoms with Crippen LogP contribution in [0, 0.1) is 11.3 Å². The quantitative estimate of drug-likeness (QED) is 0.550. The smallest absolute Gasteiger partial charge is 0.271 e. The first-order chi connectivity index (χ1) is 14.0. The number of halogens is 1. The number of fused-ring (bicyclic) bond motifs is 1. The molecule has 1 aromatic carbocycles. The number of imidazole rings is 1. The van der Waals surface area contributed by atoms with Crippen molar-refractivity contribution in [1.29, 1.82) is 5.26 Å². The summed E-state index contributed by atoms with van der Waals surface area (Å²) in [4.78, 5) is 20.8. The van der Waals surface area contributed by atoms with E-state index in [1.54, 1.807) is 51.9 Å². The van der Waals surface area contributed by atoms with Gasteiger partial charge >= 0.3 is 0 Å². The Morgan fingerprint density at radius 3 is 2.97 bits per heavy atom. The first-order valence-electron chi connectivity index (χ1n) is 8.87. The summed E-state index contributed by atoms with van der Waals surface area (Å²) >= 11 is 6.10. The molecule has 0 fully saturated rings. The van der Waals surface area contributed by atoms with Crippen molar-refractivity contribution in [3.05, 3.63) is 71.4 Å². The number of nitrogens with zero attached hydrogens (tertiary/aromatic N) is 6. The van der Waals surface area contributed by atoms with Crippen molar-refractivity contribution in [2.75, 3.05) is 0 Å². The van der Waals surface area contributed by atoms with Crippen molar-refractivity contribution in [3.63, 3.8) is 0 Å². The fourth-order valence-corrected chi connectivity index (χ4v) is 3.17. The molecule has 0 saturated heterocycles. The van der Waals surface area contributed by atoms with Crippen molar-refractivity contribution in [1.82, 2.24) is 29.5 Å². The average molecular weight is 406 g/mol. The van der Waals surface area contributed by atoms with Crippen LogP contribution in [0.25, 0.3) is 17.0 Å². The molecule has 0 unspecified atom stereocenters. The summed E-state index contributed by atoms with van der Waals surface area (Å²) in [5.41, 5.74) is 2.29. The fraction of sp³-hybridized carbons (Fsp3) is 0.150. The van der Waals surface area contributed by atoms with Crippen LogP contribution >= 0.6 is 11.6 Å². The van der Waals surface area contributed by atoms with Gasteiger partial charge in [0.05, 0.1) is 22.8 Å². The molecular formula is C20H16ClN7O. The molecule has 29 heavy (non-hydrogen) atoms. The zero-order chi connectivity index (χ0) is 20.4. The van der Waals surface area contributed by atoms with E-state index >= 15 is 0 Å². The van der Waals surface area contributed by atoms with Crippen LogP contribution in [-0.4, -0.2) is 36.1 Å². The maximum absolute atomic E-state index is 12.5. The first-order valence-corrected chi connectivity index (χ1v) is 9.25. The summed E-state index contributed by atoms with van der Waals surface area (Å²) in [5, 5.41) is 16.8. The van der Waals surface area contributed by atoms with E-state index in [-0.39, 0.29) is 11.9 Å². The molecule has 1 atom stereocenters. The maximum Gasteiger partial charge on any atom is 0.271 e. The number of carbonyl (C=O) groups excluding carboxylic acids is 1. The fourth-order valence-electron chi connectivity index (χ4n) is 2.95. The van der Waals surface area contributed by atoms with E-state index in [0.29, 0.717) is 28.6 Å². The molecule has 0 saturated carbocycles. The minimum Gasteiger partial charge on any atom is -0.346 e. The van der Waals surface area contributed by atoms with Gasteiger partial charge in [-0.3, -0.25) is 13.9 Å². The molecule has 8 nitrogen and oxygen atoms in total. The molecular weight excluding hydrogens is 390 g/mol. The number of benzene rings is 1. The van der Waals surface area contributed by atoms with Gasteiger partial charge in [0.1, 0.15) is 11.8 Å². The zero-order valence-electron chi connectivity index (χ0n) is 15.5. The summed E-state index contributed by atoms with van der Waals surface area (Å²) in [7, 11) is 0. The molecule has 0 aliphatic carbocycles. The Hall–Kier alpha value is -3.70. The highest BCUT2D eigenvalue weighted by Crippen LogP contribution is 2.24. The number of nitriles is 1. The second-order valence-electron chi connectivity index (χ2n) is 6.56. The Labute approximate surface area is 171 Å². The largest absolute Gasteiger partial charge is 0.346 e. The third kappa shape index (κ3) is 3.95. The summed E-state index contributed by atoms with van der Waals surface area (Å²) < 4.78 is 3.44. The molecule has 4 aromatic rings. The number of hydrogen-bond donors (Lipinski definition) is 1. The molecule has 0 radical (unpaired) electrons. The molecule has 9 heteroatoms. The Balaban J connectivity index is 1.42. The number of carbonyl (C=O) groups is 1. The van der Waals surface area contributed by atoms with Crippen LogP contribution in [0.4, 0.5) is 0 Å². The van der Waals surface area contributed by atoms with Gasteiger partial charge in [0, 0.05) is 36.4 Å². The highest BCUT2D eigenvalue weighted by molar-refractivity contribution is 6.32. The van der Waals surface area contributed by atoms with Crippen molar-refractivity contribution >= 4 is 23.3 Å². The lowest BCUT2D eigenvalue weighted by molar-refractivity contribution is 0.0931. The van der Waals surface area contributed by atoms with Gasteiger partial charge < -0.3 is 5.32 Å². The molecule has 144 valence electrons. The monoisotopic (exact) mass is 405 g/mol. The van der Waals surface area contributed by atoms with E-state index in [1.807, 2.05) is 25.3 Å². The van der Waals surface area contributed by atoms with Crippen molar-refractivity contribution in [2.45, 2.75) is 19.5 Å². The Kier molecular flexibility index (Phi) is 4.97. The molecule has 1 amide bonds. The minimum atomic E-state index is -0.269. The third-order valence-corrected chi connectivity index (χ3v) is 4.65. The Morgan fingerprint density at radius 2 is 2.21 bits per heavy atom. The van der Waals surface area contributed by atoms with Crippen LogP contribution in [-0.2, 0) is 6.54 Å². The molecule has 0 aliphatic rings. The standard InChI is InChI=1S/C20H16ClN7O/c1-13(24-19(29)18-12-27-7-2-6-23-20(27)25-18)11-28-8-5-17(26-28)14-3-4-15(10-22)16(21)9-14/h2-9,12-13H,11H2,1H3,(H,24,29)/t13-/m0/s1. The molecule has 1 N–H and O–H groups in total. The van der Waals surface area contributed by atoms with E-state index in [9.17, 15) is 4.79 Å². The van der Waals surface area contributed by atoms with E-state index in [0.717, 1.165) is 11.3 Å². The van der Waals surface area contributed by atoms with E-state index in [4.69, 9.17) is 16.9 Å².